The Morgan fingerprint density at radius 2 is 1.82 bits per heavy atom. The lowest BCUT2D eigenvalue weighted by atomic mass is 10.1. The van der Waals surface area contributed by atoms with Gasteiger partial charge in [-0.2, -0.15) is 0 Å². The Balaban J connectivity index is 1.28. The molecule has 0 amide bonds. The summed E-state index contributed by atoms with van der Waals surface area (Å²) in [5.74, 6) is 2.91. The van der Waals surface area contributed by atoms with Crippen molar-refractivity contribution in [1.82, 2.24) is 30.1 Å². The second-order valence-electron chi connectivity index (χ2n) is 9.46. The van der Waals surface area contributed by atoms with Gasteiger partial charge < -0.3 is 19.2 Å². The molecule has 3 aromatic carbocycles. The van der Waals surface area contributed by atoms with Crippen LogP contribution in [-0.4, -0.2) is 44.0 Å². The van der Waals surface area contributed by atoms with Gasteiger partial charge in [-0.15, -0.1) is 5.10 Å². The zero-order chi connectivity index (χ0) is 26.6. The highest BCUT2D eigenvalue weighted by atomic mass is 16.7. The lowest BCUT2D eigenvalue weighted by Gasteiger charge is -2.22. The summed E-state index contributed by atoms with van der Waals surface area (Å²) >= 11 is 0. The van der Waals surface area contributed by atoms with E-state index >= 15 is 0 Å². The minimum Gasteiger partial charge on any atom is -0.497 e. The fourth-order valence-electron chi connectivity index (χ4n) is 4.77. The second-order valence-corrected chi connectivity index (χ2v) is 9.46. The van der Waals surface area contributed by atoms with E-state index in [2.05, 4.69) is 37.5 Å². The smallest absolute Gasteiger partial charge is 0.252 e. The molecule has 10 nitrogen and oxygen atoms in total. The summed E-state index contributed by atoms with van der Waals surface area (Å²) in [6.07, 6.45) is 0.813. The number of benzene rings is 3. The monoisotopic (exact) mass is 524 g/mol. The average Bonchev–Trinajstić information content (AvgIpc) is 3.61. The highest BCUT2D eigenvalue weighted by Crippen LogP contribution is 2.33. The maximum Gasteiger partial charge on any atom is 0.252 e. The molecule has 5 aromatic rings. The molecule has 1 aliphatic rings. The highest BCUT2D eigenvalue weighted by molar-refractivity contribution is 5.80. The Kier molecular flexibility index (Phi) is 6.92. The van der Waals surface area contributed by atoms with Crippen LogP contribution in [0, 0.1) is 0 Å². The number of aromatic amines is 1. The lowest BCUT2D eigenvalue weighted by Crippen LogP contribution is -2.28. The van der Waals surface area contributed by atoms with Crippen LogP contribution in [-0.2, 0) is 32.6 Å². The molecule has 0 saturated heterocycles. The number of tetrazole rings is 1. The van der Waals surface area contributed by atoms with Gasteiger partial charge in [-0.05, 0) is 64.4 Å². The van der Waals surface area contributed by atoms with Crippen molar-refractivity contribution in [3.63, 3.8) is 0 Å². The van der Waals surface area contributed by atoms with E-state index in [0.29, 0.717) is 31.7 Å². The van der Waals surface area contributed by atoms with Crippen molar-refractivity contribution in [3.05, 3.63) is 106 Å². The number of hydrogen-bond acceptors (Lipinski definition) is 8. The number of pyridine rings is 1. The van der Waals surface area contributed by atoms with Gasteiger partial charge in [0.2, 0.25) is 6.79 Å². The minimum absolute atomic E-state index is 0.132. The summed E-state index contributed by atoms with van der Waals surface area (Å²) in [5, 5.41) is 13.4. The molecular formula is C29H28N6O4. The number of aromatic nitrogens is 5. The summed E-state index contributed by atoms with van der Waals surface area (Å²) in [5.41, 5.74) is 3.51. The summed E-state index contributed by atoms with van der Waals surface area (Å²) in [6, 6.07) is 23.7. The zero-order valence-electron chi connectivity index (χ0n) is 21.5. The van der Waals surface area contributed by atoms with Crippen molar-refractivity contribution in [2.75, 3.05) is 13.9 Å². The van der Waals surface area contributed by atoms with Crippen LogP contribution in [0.15, 0.2) is 77.6 Å². The van der Waals surface area contributed by atoms with Crippen LogP contribution >= 0.6 is 0 Å². The SMILES string of the molecule is COc1ccc2[nH]c(=O)c(CN(Cc3ccc4c(c3)OCO4)Cc3nnnn3CCc3ccccc3)cc2c1. The van der Waals surface area contributed by atoms with Crippen molar-refractivity contribution in [2.45, 2.75) is 32.6 Å². The van der Waals surface area contributed by atoms with E-state index in [1.807, 2.05) is 65.3 Å². The third-order valence-corrected chi connectivity index (χ3v) is 6.79. The molecule has 0 saturated carbocycles. The highest BCUT2D eigenvalue weighted by Gasteiger charge is 2.18. The molecule has 0 aliphatic carbocycles. The molecule has 0 bridgehead atoms. The van der Waals surface area contributed by atoms with Crippen LogP contribution in [0.25, 0.3) is 10.9 Å². The number of ether oxygens (including phenoxy) is 3. The lowest BCUT2D eigenvalue weighted by molar-refractivity contribution is 0.174. The first-order chi connectivity index (χ1) is 19.1. The van der Waals surface area contributed by atoms with Gasteiger partial charge in [-0.25, -0.2) is 4.68 Å². The van der Waals surface area contributed by atoms with E-state index in [0.717, 1.165) is 46.0 Å². The Bertz CT molecular complexity index is 1650. The van der Waals surface area contributed by atoms with Gasteiger partial charge in [0, 0.05) is 36.1 Å². The third kappa shape index (κ3) is 5.60. The topological polar surface area (TPSA) is 107 Å². The van der Waals surface area contributed by atoms with Crippen molar-refractivity contribution >= 4 is 10.9 Å². The molecule has 0 atom stereocenters. The summed E-state index contributed by atoms with van der Waals surface area (Å²) in [4.78, 5) is 18.2. The molecule has 1 N–H and O–H groups in total. The van der Waals surface area contributed by atoms with E-state index in [1.54, 1.807) is 7.11 Å². The third-order valence-electron chi connectivity index (χ3n) is 6.79. The van der Waals surface area contributed by atoms with E-state index < -0.39 is 0 Å². The molecule has 3 heterocycles. The van der Waals surface area contributed by atoms with Crippen LogP contribution in [0.5, 0.6) is 17.2 Å². The molecule has 0 spiro atoms. The number of rotatable bonds is 10. The summed E-state index contributed by atoms with van der Waals surface area (Å²) in [6.45, 7) is 2.27. The van der Waals surface area contributed by atoms with Crippen LogP contribution in [0.2, 0.25) is 0 Å². The van der Waals surface area contributed by atoms with Crippen LogP contribution in [0.1, 0.15) is 22.5 Å². The maximum absolute atomic E-state index is 13.1. The van der Waals surface area contributed by atoms with E-state index in [-0.39, 0.29) is 12.4 Å². The van der Waals surface area contributed by atoms with Crippen LogP contribution in [0.4, 0.5) is 0 Å². The Labute approximate surface area is 224 Å². The number of nitrogens with zero attached hydrogens (tertiary/aromatic N) is 5. The quantitative estimate of drug-likeness (QED) is 0.295. The normalized spacial score (nSPS) is 12.4. The Morgan fingerprint density at radius 1 is 0.949 bits per heavy atom. The molecule has 2 aromatic heterocycles. The van der Waals surface area contributed by atoms with Gasteiger partial charge >= 0.3 is 0 Å². The summed E-state index contributed by atoms with van der Waals surface area (Å²) in [7, 11) is 1.63. The largest absolute Gasteiger partial charge is 0.497 e. The van der Waals surface area contributed by atoms with Crippen molar-refractivity contribution in [3.8, 4) is 17.2 Å². The van der Waals surface area contributed by atoms with E-state index in [1.165, 1.54) is 5.56 Å². The first-order valence-electron chi connectivity index (χ1n) is 12.7. The van der Waals surface area contributed by atoms with Crippen LogP contribution < -0.4 is 19.8 Å². The molecular weight excluding hydrogens is 496 g/mol. The van der Waals surface area contributed by atoms with Crippen molar-refractivity contribution < 1.29 is 14.2 Å². The second kappa shape index (κ2) is 11.0. The first kappa shape index (κ1) is 24.6. The average molecular weight is 525 g/mol. The molecule has 1 aliphatic heterocycles. The molecule has 10 heteroatoms. The predicted molar refractivity (Wildman–Crippen MR) is 145 cm³/mol. The zero-order valence-corrected chi connectivity index (χ0v) is 21.5. The first-order valence-corrected chi connectivity index (χ1v) is 12.7. The predicted octanol–water partition coefficient (Wildman–Crippen LogP) is 3.70. The fourth-order valence-corrected chi connectivity index (χ4v) is 4.77. The van der Waals surface area contributed by atoms with Gasteiger partial charge in [0.15, 0.2) is 17.3 Å². The number of hydrogen-bond donors (Lipinski definition) is 1. The number of nitrogens with one attached hydrogen (secondary N) is 1. The van der Waals surface area contributed by atoms with Crippen molar-refractivity contribution in [1.29, 1.82) is 0 Å². The fraction of sp³-hybridized carbons (Fsp3) is 0.241. The van der Waals surface area contributed by atoms with Gasteiger partial charge in [0.25, 0.3) is 5.56 Å². The summed E-state index contributed by atoms with van der Waals surface area (Å²) < 4.78 is 18.3. The van der Waals surface area contributed by atoms with Gasteiger partial charge in [-0.3, -0.25) is 9.69 Å². The number of aryl methyl sites for hydroxylation is 2. The number of methoxy groups -OCH3 is 1. The maximum atomic E-state index is 13.1. The molecule has 0 radical (unpaired) electrons. The number of fused-ring (bicyclic) bond motifs is 2. The Morgan fingerprint density at radius 3 is 2.69 bits per heavy atom. The molecule has 0 fully saturated rings. The van der Waals surface area contributed by atoms with Crippen molar-refractivity contribution in [2.24, 2.45) is 0 Å². The van der Waals surface area contributed by atoms with E-state index in [9.17, 15) is 4.79 Å². The van der Waals surface area contributed by atoms with Gasteiger partial charge in [-0.1, -0.05) is 36.4 Å². The van der Waals surface area contributed by atoms with Crippen LogP contribution in [0.3, 0.4) is 0 Å². The standard InChI is InChI=1S/C29H28N6O4/c1-37-24-8-9-25-22(15-24)14-23(29(36)30-25)17-34(16-21-7-10-26-27(13-21)39-19-38-26)18-28-31-32-33-35(28)12-11-20-5-3-2-4-6-20/h2-10,13-15H,11-12,16-19H2,1H3,(H,30,36). The van der Waals surface area contributed by atoms with E-state index in [4.69, 9.17) is 14.2 Å². The Hall–Kier alpha value is -4.70. The molecule has 39 heavy (non-hydrogen) atoms. The number of H-pyrrole nitrogens is 1. The van der Waals surface area contributed by atoms with Gasteiger partial charge in [0.1, 0.15) is 5.75 Å². The molecule has 198 valence electrons. The minimum atomic E-state index is -0.132. The molecule has 0 unspecified atom stereocenters. The van der Waals surface area contributed by atoms with Gasteiger partial charge in [0.05, 0.1) is 13.7 Å². The molecule has 6 rings (SSSR count).